The molecule has 0 saturated carbocycles. The lowest BCUT2D eigenvalue weighted by atomic mass is 9.87. The topological polar surface area (TPSA) is 63.3 Å². The number of carboxylic acids is 1. The molecule has 0 aromatic heterocycles. The SMILES string of the molecule is NC1(C(=O)O)C=CC1. The van der Waals surface area contributed by atoms with Crippen molar-refractivity contribution in [2.45, 2.75) is 12.0 Å². The quantitative estimate of drug-likeness (QED) is 0.460. The first-order valence-electron chi connectivity index (χ1n) is 2.35. The number of hydrogen-bond donors (Lipinski definition) is 2. The smallest absolute Gasteiger partial charge is 0.328 e. The molecule has 1 unspecified atom stereocenters. The fourth-order valence-electron chi connectivity index (χ4n) is 0.530. The zero-order valence-electron chi connectivity index (χ0n) is 4.29. The van der Waals surface area contributed by atoms with Gasteiger partial charge in [-0.1, -0.05) is 12.2 Å². The summed E-state index contributed by atoms with van der Waals surface area (Å²) < 4.78 is 0. The number of carboxylic acid groups (broad SMARTS) is 1. The summed E-state index contributed by atoms with van der Waals surface area (Å²) >= 11 is 0. The standard InChI is InChI=1S/C5H7NO2/c6-5(4(7)8)2-1-3-5/h1-2H,3,6H2,(H,7,8). The minimum absolute atomic E-state index is 0.461. The van der Waals surface area contributed by atoms with Crippen LogP contribution in [0.15, 0.2) is 12.2 Å². The number of hydrogen-bond acceptors (Lipinski definition) is 2. The molecule has 8 heavy (non-hydrogen) atoms. The molecule has 0 aromatic carbocycles. The van der Waals surface area contributed by atoms with Gasteiger partial charge in [0.1, 0.15) is 5.54 Å². The van der Waals surface area contributed by atoms with Gasteiger partial charge in [-0.25, -0.2) is 4.79 Å². The van der Waals surface area contributed by atoms with Crippen LogP contribution in [0.3, 0.4) is 0 Å². The molecule has 0 heterocycles. The van der Waals surface area contributed by atoms with E-state index in [1.807, 2.05) is 0 Å². The van der Waals surface area contributed by atoms with E-state index in [1.165, 1.54) is 6.08 Å². The van der Waals surface area contributed by atoms with Crippen molar-refractivity contribution in [1.29, 1.82) is 0 Å². The monoisotopic (exact) mass is 113 g/mol. The number of rotatable bonds is 1. The van der Waals surface area contributed by atoms with Gasteiger partial charge in [0.25, 0.3) is 0 Å². The summed E-state index contributed by atoms with van der Waals surface area (Å²) in [7, 11) is 0. The second kappa shape index (κ2) is 1.32. The zero-order valence-corrected chi connectivity index (χ0v) is 4.29. The Kier molecular flexibility index (Phi) is 0.877. The van der Waals surface area contributed by atoms with Crippen LogP contribution in [-0.4, -0.2) is 16.6 Å². The molecule has 0 aromatic rings. The van der Waals surface area contributed by atoms with Crippen molar-refractivity contribution in [2.75, 3.05) is 0 Å². The summed E-state index contributed by atoms with van der Waals surface area (Å²) in [4.78, 5) is 10.1. The van der Waals surface area contributed by atoms with Crippen molar-refractivity contribution in [3.8, 4) is 0 Å². The van der Waals surface area contributed by atoms with E-state index in [-0.39, 0.29) is 0 Å². The fourth-order valence-corrected chi connectivity index (χ4v) is 0.530. The average molecular weight is 113 g/mol. The number of nitrogens with two attached hydrogens (primary N) is 1. The molecule has 0 bridgehead atoms. The number of carbonyl (C=O) groups is 1. The van der Waals surface area contributed by atoms with Crippen molar-refractivity contribution in [3.63, 3.8) is 0 Å². The van der Waals surface area contributed by atoms with E-state index in [4.69, 9.17) is 10.8 Å². The largest absolute Gasteiger partial charge is 0.480 e. The van der Waals surface area contributed by atoms with E-state index in [0.29, 0.717) is 6.42 Å². The highest BCUT2D eigenvalue weighted by Gasteiger charge is 2.34. The van der Waals surface area contributed by atoms with E-state index < -0.39 is 11.5 Å². The zero-order chi connectivity index (χ0) is 6.20. The first-order chi connectivity index (χ1) is 3.65. The van der Waals surface area contributed by atoms with Crippen molar-refractivity contribution >= 4 is 5.97 Å². The minimum atomic E-state index is -1.04. The molecule has 3 heteroatoms. The Morgan fingerprint density at radius 3 is 2.38 bits per heavy atom. The normalized spacial score (nSPS) is 34.1. The van der Waals surface area contributed by atoms with Gasteiger partial charge in [0, 0.05) is 0 Å². The predicted molar refractivity (Wildman–Crippen MR) is 28.3 cm³/mol. The van der Waals surface area contributed by atoms with Crippen LogP contribution in [0, 0.1) is 0 Å². The van der Waals surface area contributed by atoms with Crippen LogP contribution in [-0.2, 0) is 4.79 Å². The maximum Gasteiger partial charge on any atom is 0.328 e. The lowest BCUT2D eigenvalue weighted by molar-refractivity contribution is -0.141. The third-order valence-corrected chi connectivity index (χ3v) is 1.27. The van der Waals surface area contributed by atoms with Gasteiger partial charge < -0.3 is 10.8 Å². The lowest BCUT2D eigenvalue weighted by Gasteiger charge is -2.25. The van der Waals surface area contributed by atoms with Crippen molar-refractivity contribution in [3.05, 3.63) is 12.2 Å². The van der Waals surface area contributed by atoms with Crippen LogP contribution in [0.1, 0.15) is 6.42 Å². The molecule has 3 nitrogen and oxygen atoms in total. The first kappa shape index (κ1) is 5.31. The fraction of sp³-hybridized carbons (Fsp3) is 0.400. The molecule has 1 atom stereocenters. The summed E-state index contributed by atoms with van der Waals surface area (Å²) in [5.41, 5.74) is 4.22. The van der Waals surface area contributed by atoms with Gasteiger partial charge in [-0.2, -0.15) is 0 Å². The lowest BCUT2D eigenvalue weighted by Crippen LogP contribution is -2.49. The van der Waals surface area contributed by atoms with Crippen molar-refractivity contribution in [1.82, 2.24) is 0 Å². The maximum atomic E-state index is 10.1. The second-order valence-electron chi connectivity index (χ2n) is 1.95. The summed E-state index contributed by atoms with van der Waals surface area (Å²) in [5, 5.41) is 8.32. The highest BCUT2D eigenvalue weighted by Crippen LogP contribution is 2.18. The predicted octanol–water partition coefficient (Wildman–Crippen LogP) is -0.272. The van der Waals surface area contributed by atoms with E-state index in [0.717, 1.165) is 0 Å². The van der Waals surface area contributed by atoms with E-state index in [2.05, 4.69) is 0 Å². The summed E-state index contributed by atoms with van der Waals surface area (Å²) in [6, 6.07) is 0. The second-order valence-corrected chi connectivity index (χ2v) is 1.95. The Labute approximate surface area is 46.8 Å². The Morgan fingerprint density at radius 1 is 1.88 bits per heavy atom. The highest BCUT2D eigenvalue weighted by molar-refractivity contribution is 5.83. The molecule has 0 spiro atoms. The minimum Gasteiger partial charge on any atom is -0.480 e. The summed E-state index contributed by atoms with van der Waals surface area (Å²) in [5.74, 6) is -0.944. The Morgan fingerprint density at radius 2 is 2.38 bits per heavy atom. The molecule has 0 saturated heterocycles. The van der Waals surface area contributed by atoms with Gasteiger partial charge in [0.2, 0.25) is 0 Å². The van der Waals surface area contributed by atoms with E-state index in [9.17, 15) is 4.79 Å². The van der Waals surface area contributed by atoms with Crippen LogP contribution in [0.25, 0.3) is 0 Å². The third kappa shape index (κ3) is 0.518. The molecule has 44 valence electrons. The summed E-state index contributed by atoms with van der Waals surface area (Å²) in [6.45, 7) is 0. The molecule has 3 N–H and O–H groups in total. The van der Waals surface area contributed by atoms with Gasteiger partial charge in [0.05, 0.1) is 0 Å². The number of aliphatic carboxylic acids is 1. The van der Waals surface area contributed by atoms with Crippen LogP contribution < -0.4 is 5.73 Å². The molecule has 0 fully saturated rings. The van der Waals surface area contributed by atoms with Crippen LogP contribution in [0.2, 0.25) is 0 Å². The third-order valence-electron chi connectivity index (χ3n) is 1.27. The average Bonchev–Trinajstić information content (AvgIpc) is 1.60. The molecule has 1 aliphatic rings. The van der Waals surface area contributed by atoms with Gasteiger partial charge in [-0.05, 0) is 6.42 Å². The van der Waals surface area contributed by atoms with Crippen molar-refractivity contribution < 1.29 is 9.90 Å². The van der Waals surface area contributed by atoms with Gasteiger partial charge in [0.15, 0.2) is 0 Å². The van der Waals surface area contributed by atoms with Gasteiger partial charge >= 0.3 is 5.97 Å². The molecule has 0 amide bonds. The molecular weight excluding hydrogens is 106 g/mol. The van der Waals surface area contributed by atoms with E-state index in [1.54, 1.807) is 6.08 Å². The van der Waals surface area contributed by atoms with Gasteiger partial charge in [-0.3, -0.25) is 0 Å². The van der Waals surface area contributed by atoms with E-state index >= 15 is 0 Å². The van der Waals surface area contributed by atoms with Crippen LogP contribution in [0.4, 0.5) is 0 Å². The highest BCUT2D eigenvalue weighted by atomic mass is 16.4. The molecular formula is C5H7NO2. The maximum absolute atomic E-state index is 10.1. The van der Waals surface area contributed by atoms with Crippen LogP contribution >= 0.6 is 0 Å². The summed E-state index contributed by atoms with van der Waals surface area (Å²) in [6.07, 6.45) is 3.70. The Bertz CT molecular complexity index is 153. The molecule has 0 radical (unpaired) electrons. The molecule has 1 rings (SSSR count). The van der Waals surface area contributed by atoms with Crippen LogP contribution in [0.5, 0.6) is 0 Å². The van der Waals surface area contributed by atoms with Gasteiger partial charge in [-0.15, -0.1) is 0 Å². The molecule has 1 aliphatic carbocycles. The molecule has 0 aliphatic heterocycles. The Hall–Kier alpha value is -0.830. The van der Waals surface area contributed by atoms with Crippen molar-refractivity contribution in [2.24, 2.45) is 5.73 Å². The Balaban J connectivity index is 2.70. The first-order valence-corrected chi connectivity index (χ1v) is 2.35.